The van der Waals surface area contributed by atoms with Crippen LogP contribution in [0, 0.1) is 62.6 Å². The predicted octanol–water partition coefficient (Wildman–Crippen LogP) is 9.52. The van der Waals surface area contributed by atoms with E-state index in [9.17, 15) is 0 Å². The van der Waals surface area contributed by atoms with Gasteiger partial charge < -0.3 is 0 Å². The van der Waals surface area contributed by atoms with E-state index in [2.05, 4.69) is 55.4 Å². The monoisotopic (exact) mass is 426 g/mol. The summed E-state index contributed by atoms with van der Waals surface area (Å²) in [7, 11) is 0. The highest BCUT2D eigenvalue weighted by Gasteiger charge is 2.70. The standard InChI is InChI=1S/C31H54/c1-9-21(2)22-13-18-28(5)23(22)14-19-30(7)25(28)11-12-26-29(6)17-10-16-27(3,4)24(29)15-20-31(26,30)8/h21-26H,9-20H2,1-8H3/t21-,22-,23-,24+,25-,26-,28+,29+,30-,31-/m1/s1. The van der Waals surface area contributed by atoms with Crippen molar-refractivity contribution in [3.63, 3.8) is 0 Å². The highest BCUT2D eigenvalue weighted by molar-refractivity contribution is 5.19. The third-order valence-electron chi connectivity index (χ3n) is 14.1. The van der Waals surface area contributed by atoms with Gasteiger partial charge in [0.25, 0.3) is 0 Å². The summed E-state index contributed by atoms with van der Waals surface area (Å²) in [5, 5.41) is 0. The Morgan fingerprint density at radius 1 is 0.645 bits per heavy atom. The molecule has 5 fully saturated rings. The molecule has 0 saturated heterocycles. The van der Waals surface area contributed by atoms with Crippen molar-refractivity contribution >= 4 is 0 Å². The molecule has 0 nitrogen and oxygen atoms in total. The van der Waals surface area contributed by atoms with Gasteiger partial charge >= 0.3 is 0 Å². The van der Waals surface area contributed by atoms with E-state index in [1.807, 2.05) is 0 Å². The molecule has 0 radical (unpaired) electrons. The molecule has 10 atom stereocenters. The van der Waals surface area contributed by atoms with Gasteiger partial charge in [-0.2, -0.15) is 0 Å². The van der Waals surface area contributed by atoms with Gasteiger partial charge in [0, 0.05) is 0 Å². The van der Waals surface area contributed by atoms with Crippen LogP contribution in [0.2, 0.25) is 0 Å². The Bertz CT molecular complexity index is 705. The van der Waals surface area contributed by atoms with E-state index < -0.39 is 0 Å². The molecule has 0 aromatic carbocycles. The molecule has 31 heavy (non-hydrogen) atoms. The first kappa shape index (κ1) is 22.8. The van der Waals surface area contributed by atoms with Crippen LogP contribution in [0.1, 0.15) is 132 Å². The molecule has 0 bridgehead atoms. The van der Waals surface area contributed by atoms with Crippen LogP contribution in [0.3, 0.4) is 0 Å². The number of fused-ring (bicyclic) bond motifs is 7. The second-order valence-electron chi connectivity index (χ2n) is 15.2. The molecule has 5 saturated carbocycles. The molecule has 0 spiro atoms. The van der Waals surface area contributed by atoms with Crippen LogP contribution >= 0.6 is 0 Å². The van der Waals surface area contributed by atoms with E-state index in [4.69, 9.17) is 0 Å². The first-order chi connectivity index (χ1) is 14.4. The second-order valence-corrected chi connectivity index (χ2v) is 15.2. The molecule has 5 rings (SSSR count). The zero-order chi connectivity index (χ0) is 22.4. The van der Waals surface area contributed by atoms with Gasteiger partial charge in [-0.25, -0.2) is 0 Å². The summed E-state index contributed by atoms with van der Waals surface area (Å²) >= 11 is 0. The lowest BCUT2D eigenvalue weighted by Gasteiger charge is -2.73. The normalized spacial score (nSPS) is 56.7. The van der Waals surface area contributed by atoms with Gasteiger partial charge in [0.2, 0.25) is 0 Å². The average Bonchev–Trinajstić information content (AvgIpc) is 3.04. The fourth-order valence-electron chi connectivity index (χ4n) is 12.3. The summed E-state index contributed by atoms with van der Waals surface area (Å²) in [6, 6.07) is 0. The van der Waals surface area contributed by atoms with Gasteiger partial charge in [-0.3, -0.25) is 0 Å². The van der Waals surface area contributed by atoms with Crippen molar-refractivity contribution in [2.24, 2.45) is 62.6 Å². The molecule has 0 heterocycles. The summed E-state index contributed by atoms with van der Waals surface area (Å²) in [6.45, 7) is 21.4. The van der Waals surface area contributed by atoms with Crippen LogP contribution in [-0.4, -0.2) is 0 Å². The van der Waals surface area contributed by atoms with Gasteiger partial charge in [-0.05, 0) is 127 Å². The lowest BCUT2D eigenvalue weighted by molar-refractivity contribution is -0.241. The molecule has 0 unspecified atom stereocenters. The first-order valence-electron chi connectivity index (χ1n) is 14.4. The summed E-state index contributed by atoms with van der Waals surface area (Å²) in [5.41, 5.74) is 2.91. The van der Waals surface area contributed by atoms with Gasteiger partial charge in [0.15, 0.2) is 0 Å². The Morgan fingerprint density at radius 2 is 1.26 bits per heavy atom. The minimum Gasteiger partial charge on any atom is -0.0651 e. The average molecular weight is 427 g/mol. The fourth-order valence-corrected chi connectivity index (χ4v) is 12.3. The highest BCUT2D eigenvalue weighted by atomic mass is 14.7. The van der Waals surface area contributed by atoms with E-state index in [0.717, 1.165) is 35.5 Å². The Kier molecular flexibility index (Phi) is 5.15. The largest absolute Gasteiger partial charge is 0.0651 e. The van der Waals surface area contributed by atoms with Crippen LogP contribution in [0.15, 0.2) is 0 Å². The zero-order valence-corrected chi connectivity index (χ0v) is 22.4. The SMILES string of the molecule is CC[C@@H](C)[C@H]1CC[C@@]2(C)[C@@H]1CC[C@]1(C)[C@@H]2CC[C@@H]2[C@@]3(C)CCCC(C)(C)[C@@H]3CC[C@]21C. The van der Waals surface area contributed by atoms with E-state index in [-0.39, 0.29) is 0 Å². The third kappa shape index (κ3) is 2.78. The molecule has 0 aromatic heterocycles. The van der Waals surface area contributed by atoms with Crippen molar-refractivity contribution in [3.8, 4) is 0 Å². The summed E-state index contributed by atoms with van der Waals surface area (Å²) in [5.74, 6) is 5.86. The van der Waals surface area contributed by atoms with E-state index >= 15 is 0 Å². The molecule has 0 heteroatoms. The molecule has 178 valence electrons. The van der Waals surface area contributed by atoms with Crippen molar-refractivity contribution in [3.05, 3.63) is 0 Å². The highest BCUT2D eigenvalue weighted by Crippen LogP contribution is 2.78. The smallest absolute Gasteiger partial charge is 0.0235 e. The molecule has 5 aliphatic rings. The minimum absolute atomic E-state index is 0.560. The number of rotatable bonds is 2. The van der Waals surface area contributed by atoms with Crippen LogP contribution in [0.5, 0.6) is 0 Å². The van der Waals surface area contributed by atoms with Crippen molar-refractivity contribution in [1.29, 1.82) is 0 Å². The zero-order valence-electron chi connectivity index (χ0n) is 22.4. The van der Waals surface area contributed by atoms with Gasteiger partial charge in [-0.1, -0.05) is 68.2 Å². The van der Waals surface area contributed by atoms with Gasteiger partial charge in [-0.15, -0.1) is 0 Å². The molecule has 0 amide bonds. The molecule has 5 aliphatic carbocycles. The molecular formula is C31H54. The maximum Gasteiger partial charge on any atom is -0.0235 e. The van der Waals surface area contributed by atoms with Crippen LogP contribution < -0.4 is 0 Å². The summed E-state index contributed by atoms with van der Waals surface area (Å²) in [4.78, 5) is 0. The third-order valence-corrected chi connectivity index (χ3v) is 14.1. The van der Waals surface area contributed by atoms with Gasteiger partial charge in [0.1, 0.15) is 0 Å². The second kappa shape index (κ2) is 7.01. The maximum atomic E-state index is 2.82. The Morgan fingerprint density at radius 3 is 1.90 bits per heavy atom. The van der Waals surface area contributed by atoms with Crippen LogP contribution in [0.4, 0.5) is 0 Å². The summed E-state index contributed by atoms with van der Waals surface area (Å²) < 4.78 is 0. The van der Waals surface area contributed by atoms with Crippen molar-refractivity contribution in [2.45, 2.75) is 132 Å². The predicted molar refractivity (Wildman–Crippen MR) is 134 cm³/mol. The quantitative estimate of drug-likeness (QED) is 0.412. The van der Waals surface area contributed by atoms with Gasteiger partial charge in [0.05, 0.1) is 0 Å². The van der Waals surface area contributed by atoms with E-state index in [0.29, 0.717) is 27.1 Å². The molecular weight excluding hydrogens is 372 g/mol. The van der Waals surface area contributed by atoms with Crippen LogP contribution in [0.25, 0.3) is 0 Å². The summed E-state index contributed by atoms with van der Waals surface area (Å²) in [6.07, 6.45) is 18.1. The topological polar surface area (TPSA) is 0 Å². The number of hydrogen-bond donors (Lipinski definition) is 0. The van der Waals surface area contributed by atoms with Crippen molar-refractivity contribution in [2.75, 3.05) is 0 Å². The lowest BCUT2D eigenvalue weighted by Crippen LogP contribution is -2.65. The Balaban J connectivity index is 1.50. The van der Waals surface area contributed by atoms with E-state index in [1.54, 1.807) is 6.42 Å². The first-order valence-corrected chi connectivity index (χ1v) is 14.4. The fraction of sp³-hybridized carbons (Fsp3) is 1.00. The van der Waals surface area contributed by atoms with Crippen molar-refractivity contribution in [1.82, 2.24) is 0 Å². The molecule has 0 aromatic rings. The lowest BCUT2D eigenvalue weighted by atomic mass is 9.32. The van der Waals surface area contributed by atoms with E-state index in [1.165, 1.54) is 70.6 Å². The van der Waals surface area contributed by atoms with Crippen molar-refractivity contribution < 1.29 is 0 Å². The minimum atomic E-state index is 0.560. The Hall–Kier alpha value is 0. The molecule has 0 N–H and O–H groups in total. The Labute approximate surface area is 195 Å². The maximum absolute atomic E-state index is 2.82. The van der Waals surface area contributed by atoms with Crippen LogP contribution in [-0.2, 0) is 0 Å². The number of hydrogen-bond acceptors (Lipinski definition) is 0. The molecule has 0 aliphatic heterocycles.